The van der Waals surface area contributed by atoms with E-state index in [2.05, 4.69) is 6.92 Å². The fourth-order valence-electron chi connectivity index (χ4n) is 3.05. The summed E-state index contributed by atoms with van der Waals surface area (Å²) in [6, 6.07) is 0. The van der Waals surface area contributed by atoms with Crippen molar-refractivity contribution < 1.29 is 19.4 Å². The maximum atomic E-state index is 11.9. The highest BCUT2D eigenvalue weighted by Crippen LogP contribution is 2.12. The largest absolute Gasteiger partial charge is 0.394 e. The lowest BCUT2D eigenvalue weighted by atomic mass is 10.0. The second-order valence-electron chi connectivity index (χ2n) is 7.40. The second kappa shape index (κ2) is 20.9. The number of carbonyl (C=O) groups is 1. The van der Waals surface area contributed by atoms with Crippen LogP contribution in [0, 0.1) is 0 Å². The van der Waals surface area contributed by atoms with Gasteiger partial charge in [-0.05, 0) is 19.3 Å². The molecule has 26 heavy (non-hydrogen) atoms. The van der Waals surface area contributed by atoms with Crippen LogP contribution in [0.2, 0.25) is 0 Å². The predicted molar refractivity (Wildman–Crippen MR) is 109 cm³/mol. The third-order valence-corrected chi connectivity index (χ3v) is 4.89. The lowest BCUT2D eigenvalue weighted by Crippen LogP contribution is -2.22. The maximum absolute atomic E-state index is 11.9. The van der Waals surface area contributed by atoms with Crippen molar-refractivity contribution in [3.05, 3.63) is 0 Å². The first kappa shape index (κ1) is 25.6. The molecule has 0 bridgehead atoms. The molecule has 0 amide bonds. The Balaban J connectivity index is 3.22. The number of aliphatic hydroxyl groups is 1. The Hall–Kier alpha value is -0.450. The summed E-state index contributed by atoms with van der Waals surface area (Å²) >= 11 is 0. The fraction of sp³-hybridized carbons (Fsp3) is 0.955. The van der Waals surface area contributed by atoms with Crippen LogP contribution in [0.25, 0.3) is 0 Å². The second-order valence-corrected chi connectivity index (χ2v) is 7.40. The third kappa shape index (κ3) is 18.3. The monoisotopic (exact) mass is 372 g/mol. The standard InChI is InChI=1S/C22H44O4/c1-3-4-5-6-7-8-9-10-13-16-21(24)17-14-11-12-15-18-26-20-22(19-23)25-2/h22-23H,3-20H2,1-2H3/t22-/m1/s1. The van der Waals surface area contributed by atoms with Crippen molar-refractivity contribution in [3.8, 4) is 0 Å². The van der Waals surface area contributed by atoms with Crippen molar-refractivity contribution in [3.63, 3.8) is 0 Å². The normalized spacial score (nSPS) is 12.4. The van der Waals surface area contributed by atoms with Crippen LogP contribution in [0.5, 0.6) is 0 Å². The minimum absolute atomic E-state index is 0.00241. The zero-order chi connectivity index (χ0) is 19.3. The van der Waals surface area contributed by atoms with Crippen LogP contribution in [0.1, 0.15) is 103 Å². The third-order valence-electron chi connectivity index (χ3n) is 4.89. The van der Waals surface area contributed by atoms with Gasteiger partial charge in [0.2, 0.25) is 0 Å². The molecule has 0 aromatic rings. The summed E-state index contributed by atoms with van der Waals surface area (Å²) in [5, 5.41) is 8.96. The molecule has 0 aromatic heterocycles. The number of carbonyl (C=O) groups excluding carboxylic acids is 1. The number of ketones is 1. The van der Waals surface area contributed by atoms with Crippen LogP contribution >= 0.6 is 0 Å². The maximum Gasteiger partial charge on any atom is 0.132 e. The van der Waals surface area contributed by atoms with Crippen LogP contribution in [0.3, 0.4) is 0 Å². The van der Waals surface area contributed by atoms with E-state index in [4.69, 9.17) is 14.6 Å². The van der Waals surface area contributed by atoms with Gasteiger partial charge in [-0.3, -0.25) is 4.79 Å². The molecule has 0 heterocycles. The van der Waals surface area contributed by atoms with Gasteiger partial charge in [-0.2, -0.15) is 0 Å². The Morgan fingerprint density at radius 1 is 0.808 bits per heavy atom. The summed E-state index contributed by atoms with van der Waals surface area (Å²) in [5.74, 6) is 0.440. The van der Waals surface area contributed by atoms with Crippen molar-refractivity contribution >= 4 is 5.78 Å². The molecule has 0 saturated carbocycles. The molecule has 0 unspecified atom stereocenters. The SMILES string of the molecule is CCCCCCCCCCCC(=O)CCCCCCOC[C@@H](CO)OC. The van der Waals surface area contributed by atoms with E-state index in [1.807, 2.05) is 0 Å². The zero-order valence-corrected chi connectivity index (χ0v) is 17.5. The van der Waals surface area contributed by atoms with Gasteiger partial charge < -0.3 is 14.6 Å². The quantitative estimate of drug-likeness (QED) is 0.272. The number of aliphatic hydroxyl groups excluding tert-OH is 1. The first-order valence-corrected chi connectivity index (χ1v) is 11.0. The molecule has 0 aliphatic heterocycles. The van der Waals surface area contributed by atoms with Gasteiger partial charge >= 0.3 is 0 Å². The number of ether oxygens (including phenoxy) is 2. The minimum atomic E-state index is -0.214. The highest BCUT2D eigenvalue weighted by Gasteiger charge is 2.05. The van der Waals surface area contributed by atoms with Crippen molar-refractivity contribution in [2.45, 2.75) is 109 Å². The summed E-state index contributed by atoms with van der Waals surface area (Å²) in [4.78, 5) is 11.9. The van der Waals surface area contributed by atoms with Crippen LogP contribution in [-0.4, -0.2) is 43.9 Å². The topological polar surface area (TPSA) is 55.8 Å². The van der Waals surface area contributed by atoms with Gasteiger partial charge in [0, 0.05) is 26.6 Å². The molecule has 4 heteroatoms. The van der Waals surface area contributed by atoms with Crippen LogP contribution in [-0.2, 0) is 14.3 Å². The van der Waals surface area contributed by atoms with Crippen molar-refractivity contribution in [1.29, 1.82) is 0 Å². The average Bonchev–Trinajstić information content (AvgIpc) is 2.65. The minimum Gasteiger partial charge on any atom is -0.394 e. The van der Waals surface area contributed by atoms with Crippen molar-refractivity contribution in [2.24, 2.45) is 0 Å². The molecule has 0 saturated heterocycles. The summed E-state index contributed by atoms with van der Waals surface area (Å²) < 4.78 is 10.5. The van der Waals surface area contributed by atoms with E-state index in [9.17, 15) is 4.79 Å². The number of hydrogen-bond acceptors (Lipinski definition) is 4. The van der Waals surface area contributed by atoms with Crippen LogP contribution in [0.15, 0.2) is 0 Å². The average molecular weight is 373 g/mol. The van der Waals surface area contributed by atoms with E-state index < -0.39 is 0 Å². The van der Waals surface area contributed by atoms with Gasteiger partial charge in [0.05, 0.1) is 13.2 Å². The molecule has 4 nitrogen and oxygen atoms in total. The molecule has 156 valence electrons. The summed E-state index contributed by atoms with van der Waals surface area (Å²) in [6.07, 6.45) is 17.3. The van der Waals surface area contributed by atoms with Gasteiger partial charge in [0.25, 0.3) is 0 Å². The van der Waals surface area contributed by atoms with Crippen LogP contribution in [0.4, 0.5) is 0 Å². The van der Waals surface area contributed by atoms with E-state index in [0.717, 1.165) is 44.9 Å². The van der Waals surface area contributed by atoms with Crippen molar-refractivity contribution in [2.75, 3.05) is 26.9 Å². The summed E-state index contributed by atoms with van der Waals surface area (Å²) in [5.41, 5.74) is 0. The summed E-state index contributed by atoms with van der Waals surface area (Å²) in [7, 11) is 1.58. The van der Waals surface area contributed by atoms with E-state index in [1.54, 1.807) is 7.11 Å². The van der Waals surface area contributed by atoms with E-state index in [1.165, 1.54) is 51.4 Å². The molecule has 0 aromatic carbocycles. The highest BCUT2D eigenvalue weighted by molar-refractivity contribution is 5.78. The Bertz CT molecular complexity index is 290. The number of rotatable bonds is 21. The summed E-state index contributed by atoms with van der Waals surface area (Å²) in [6.45, 7) is 3.40. The van der Waals surface area contributed by atoms with E-state index in [-0.39, 0.29) is 12.7 Å². The Labute approximate surface area is 162 Å². The van der Waals surface area contributed by atoms with E-state index in [0.29, 0.717) is 19.0 Å². The van der Waals surface area contributed by atoms with Gasteiger partial charge in [-0.15, -0.1) is 0 Å². The molecule has 0 spiro atoms. The number of Topliss-reactive ketones (excluding diaryl/α,β-unsaturated/α-hetero) is 1. The smallest absolute Gasteiger partial charge is 0.132 e. The first-order chi connectivity index (χ1) is 12.7. The van der Waals surface area contributed by atoms with E-state index >= 15 is 0 Å². The molecule has 0 fully saturated rings. The Morgan fingerprint density at radius 3 is 1.81 bits per heavy atom. The van der Waals surface area contributed by atoms with Gasteiger partial charge in [-0.25, -0.2) is 0 Å². The molecule has 1 N–H and O–H groups in total. The predicted octanol–water partition coefficient (Wildman–Crippen LogP) is 5.45. The van der Waals surface area contributed by atoms with Gasteiger partial charge in [0.1, 0.15) is 11.9 Å². The lowest BCUT2D eigenvalue weighted by Gasteiger charge is -2.12. The molecule has 0 aliphatic carbocycles. The Kier molecular flexibility index (Phi) is 20.5. The number of unbranched alkanes of at least 4 members (excludes halogenated alkanes) is 11. The van der Waals surface area contributed by atoms with Gasteiger partial charge in [0.15, 0.2) is 0 Å². The van der Waals surface area contributed by atoms with Gasteiger partial charge in [-0.1, -0.05) is 71.1 Å². The zero-order valence-electron chi connectivity index (χ0n) is 17.5. The first-order valence-electron chi connectivity index (χ1n) is 11.0. The molecule has 0 rings (SSSR count). The molecule has 0 radical (unpaired) electrons. The lowest BCUT2D eigenvalue weighted by molar-refractivity contribution is -0.119. The van der Waals surface area contributed by atoms with Crippen LogP contribution < -0.4 is 0 Å². The molecule has 0 aliphatic rings. The number of hydrogen-bond donors (Lipinski definition) is 1. The molecule has 1 atom stereocenters. The number of methoxy groups -OCH3 is 1. The highest BCUT2D eigenvalue weighted by atomic mass is 16.5. The Morgan fingerprint density at radius 2 is 1.31 bits per heavy atom. The molecular weight excluding hydrogens is 328 g/mol. The fourth-order valence-corrected chi connectivity index (χ4v) is 3.05. The van der Waals surface area contributed by atoms with Crippen molar-refractivity contribution in [1.82, 2.24) is 0 Å². The molecular formula is C22H44O4.